The van der Waals surface area contributed by atoms with Crippen LogP contribution in [0.3, 0.4) is 0 Å². The number of ether oxygens (including phenoxy) is 1. The number of hydrogen-bond acceptors (Lipinski definition) is 3. The highest BCUT2D eigenvalue weighted by Crippen LogP contribution is 2.26. The van der Waals surface area contributed by atoms with Crippen LogP contribution in [0, 0.1) is 23.0 Å². The highest BCUT2D eigenvalue weighted by molar-refractivity contribution is 5.25. The van der Waals surface area contributed by atoms with Gasteiger partial charge in [-0.25, -0.2) is 8.78 Å². The highest BCUT2D eigenvalue weighted by atomic mass is 19.1. The average molecular weight is 280 g/mol. The van der Waals surface area contributed by atoms with Crippen molar-refractivity contribution in [2.45, 2.75) is 50.8 Å². The molecular formula is C15H18F2N2O. The van der Waals surface area contributed by atoms with Gasteiger partial charge in [0.05, 0.1) is 12.2 Å². The second kappa shape index (κ2) is 5.76. The summed E-state index contributed by atoms with van der Waals surface area (Å²) in [7, 11) is 0. The van der Waals surface area contributed by atoms with Crippen LogP contribution >= 0.6 is 0 Å². The van der Waals surface area contributed by atoms with Crippen LogP contribution < -0.4 is 10.1 Å². The molecule has 2 atom stereocenters. The second-order valence-electron chi connectivity index (χ2n) is 5.57. The summed E-state index contributed by atoms with van der Waals surface area (Å²) in [5.41, 5.74) is -0.718. The Bertz CT molecular complexity index is 525. The number of rotatable bonds is 6. The second-order valence-corrected chi connectivity index (χ2v) is 5.57. The SMILES string of the molecule is CC(CC(C)(C#N)NC1CC1)Oc1cc(F)ccc1F. The summed E-state index contributed by atoms with van der Waals surface area (Å²) in [5.74, 6) is -1.27. The molecule has 0 heterocycles. The number of nitrogens with one attached hydrogen (secondary N) is 1. The maximum Gasteiger partial charge on any atom is 0.165 e. The van der Waals surface area contributed by atoms with Gasteiger partial charge in [0.2, 0.25) is 0 Å². The van der Waals surface area contributed by atoms with Gasteiger partial charge in [0.1, 0.15) is 11.4 Å². The van der Waals surface area contributed by atoms with E-state index in [1.54, 1.807) is 13.8 Å². The summed E-state index contributed by atoms with van der Waals surface area (Å²) in [5, 5.41) is 12.5. The molecule has 0 saturated heterocycles. The topological polar surface area (TPSA) is 45.0 Å². The van der Waals surface area contributed by atoms with Gasteiger partial charge < -0.3 is 4.74 Å². The Hall–Kier alpha value is -1.67. The molecule has 1 aromatic carbocycles. The van der Waals surface area contributed by atoms with Gasteiger partial charge in [-0.1, -0.05) is 0 Å². The number of hydrogen-bond donors (Lipinski definition) is 1. The molecule has 1 N–H and O–H groups in total. The van der Waals surface area contributed by atoms with Crippen LogP contribution in [0.25, 0.3) is 0 Å². The standard InChI is InChI=1S/C15H18F2N2O/c1-10(8-15(2,9-18)19-12-4-5-12)20-14-7-11(16)3-6-13(14)17/h3,6-7,10,12,19H,4-5,8H2,1-2H3. The normalized spacial score (nSPS) is 18.9. The Morgan fingerprint density at radius 2 is 2.20 bits per heavy atom. The molecule has 0 aliphatic heterocycles. The van der Waals surface area contributed by atoms with Crippen molar-refractivity contribution in [3.63, 3.8) is 0 Å². The van der Waals surface area contributed by atoms with E-state index in [9.17, 15) is 14.0 Å². The third-order valence-electron chi connectivity index (χ3n) is 3.26. The predicted molar refractivity (Wildman–Crippen MR) is 71.2 cm³/mol. The Morgan fingerprint density at radius 1 is 1.50 bits per heavy atom. The zero-order valence-corrected chi connectivity index (χ0v) is 11.6. The van der Waals surface area contributed by atoms with Crippen molar-refractivity contribution in [3.8, 4) is 11.8 Å². The van der Waals surface area contributed by atoms with Crippen LogP contribution in [0.5, 0.6) is 5.75 Å². The van der Waals surface area contributed by atoms with E-state index in [-0.39, 0.29) is 5.75 Å². The zero-order valence-electron chi connectivity index (χ0n) is 11.6. The maximum atomic E-state index is 13.5. The minimum absolute atomic E-state index is 0.121. The number of nitriles is 1. The minimum Gasteiger partial charge on any atom is -0.487 e. The smallest absolute Gasteiger partial charge is 0.165 e. The van der Waals surface area contributed by atoms with E-state index in [1.165, 1.54) is 0 Å². The Morgan fingerprint density at radius 3 is 2.80 bits per heavy atom. The van der Waals surface area contributed by atoms with E-state index in [4.69, 9.17) is 4.74 Å². The van der Waals surface area contributed by atoms with Gasteiger partial charge in [-0.2, -0.15) is 5.26 Å². The summed E-state index contributed by atoms with van der Waals surface area (Å²) in [6.45, 7) is 3.54. The van der Waals surface area contributed by atoms with E-state index in [0.717, 1.165) is 31.0 Å². The fourth-order valence-electron chi connectivity index (χ4n) is 2.22. The summed E-state index contributed by atoms with van der Waals surface area (Å²) in [4.78, 5) is 0. The van der Waals surface area contributed by atoms with Crippen molar-refractivity contribution in [1.82, 2.24) is 5.32 Å². The molecule has 0 radical (unpaired) electrons. The number of nitrogens with zero attached hydrogens (tertiary/aromatic N) is 1. The lowest BCUT2D eigenvalue weighted by molar-refractivity contribution is 0.171. The van der Waals surface area contributed by atoms with Crippen LogP contribution in [0.15, 0.2) is 18.2 Å². The Balaban J connectivity index is 1.98. The van der Waals surface area contributed by atoms with Crippen LogP contribution in [-0.2, 0) is 0 Å². The lowest BCUT2D eigenvalue weighted by Crippen LogP contribution is -2.45. The average Bonchev–Trinajstić information content (AvgIpc) is 3.17. The molecule has 0 spiro atoms. The van der Waals surface area contributed by atoms with E-state index in [1.807, 2.05) is 0 Å². The lowest BCUT2D eigenvalue weighted by atomic mass is 9.96. The van der Waals surface area contributed by atoms with Crippen molar-refractivity contribution in [1.29, 1.82) is 5.26 Å². The zero-order chi connectivity index (χ0) is 14.8. The third kappa shape index (κ3) is 3.91. The van der Waals surface area contributed by atoms with Crippen LogP contribution in [0.2, 0.25) is 0 Å². The van der Waals surface area contributed by atoms with E-state index in [0.29, 0.717) is 12.5 Å². The van der Waals surface area contributed by atoms with Gasteiger partial charge in [-0.05, 0) is 38.8 Å². The summed E-state index contributed by atoms with van der Waals surface area (Å²) < 4.78 is 32.0. The van der Waals surface area contributed by atoms with Crippen molar-refractivity contribution in [2.75, 3.05) is 0 Å². The Labute approximate surface area is 117 Å². The van der Waals surface area contributed by atoms with Gasteiger partial charge in [0, 0.05) is 18.5 Å². The monoisotopic (exact) mass is 280 g/mol. The van der Waals surface area contributed by atoms with Gasteiger partial charge >= 0.3 is 0 Å². The van der Waals surface area contributed by atoms with Gasteiger partial charge in [-0.15, -0.1) is 0 Å². The van der Waals surface area contributed by atoms with Gasteiger partial charge in [0.25, 0.3) is 0 Å². The fourth-order valence-corrected chi connectivity index (χ4v) is 2.22. The maximum absolute atomic E-state index is 13.5. The minimum atomic E-state index is -0.718. The Kier molecular flexibility index (Phi) is 4.24. The quantitative estimate of drug-likeness (QED) is 0.870. The number of benzene rings is 1. The summed E-state index contributed by atoms with van der Waals surface area (Å²) in [6.07, 6.45) is 2.15. The van der Waals surface area contributed by atoms with Crippen molar-refractivity contribution in [3.05, 3.63) is 29.8 Å². The molecule has 108 valence electrons. The molecule has 0 aromatic heterocycles. The highest BCUT2D eigenvalue weighted by Gasteiger charge is 2.34. The molecule has 0 amide bonds. The molecule has 1 fully saturated rings. The molecule has 1 aliphatic rings. The molecule has 20 heavy (non-hydrogen) atoms. The van der Waals surface area contributed by atoms with Crippen LogP contribution in [0.4, 0.5) is 8.78 Å². The first-order valence-electron chi connectivity index (χ1n) is 6.72. The summed E-state index contributed by atoms with van der Waals surface area (Å²) in [6, 6.07) is 5.71. The van der Waals surface area contributed by atoms with E-state index in [2.05, 4.69) is 11.4 Å². The van der Waals surface area contributed by atoms with Crippen molar-refractivity contribution >= 4 is 0 Å². The van der Waals surface area contributed by atoms with Crippen LogP contribution in [0.1, 0.15) is 33.1 Å². The molecule has 1 saturated carbocycles. The van der Waals surface area contributed by atoms with Crippen molar-refractivity contribution in [2.24, 2.45) is 0 Å². The molecule has 2 rings (SSSR count). The molecule has 5 heteroatoms. The largest absolute Gasteiger partial charge is 0.487 e. The molecular weight excluding hydrogens is 262 g/mol. The first-order valence-corrected chi connectivity index (χ1v) is 6.72. The molecule has 1 aliphatic carbocycles. The first kappa shape index (κ1) is 14.7. The third-order valence-corrected chi connectivity index (χ3v) is 3.26. The molecule has 0 bridgehead atoms. The predicted octanol–water partition coefficient (Wildman–Crippen LogP) is 3.16. The first-order chi connectivity index (χ1) is 9.42. The molecule has 3 nitrogen and oxygen atoms in total. The van der Waals surface area contributed by atoms with Gasteiger partial charge in [0.15, 0.2) is 11.6 Å². The fraction of sp³-hybridized carbons (Fsp3) is 0.533. The molecule has 2 unspecified atom stereocenters. The van der Waals surface area contributed by atoms with Gasteiger partial charge in [-0.3, -0.25) is 5.32 Å². The lowest BCUT2D eigenvalue weighted by Gasteiger charge is -2.27. The van der Waals surface area contributed by atoms with Crippen LogP contribution in [-0.4, -0.2) is 17.7 Å². The molecule has 1 aromatic rings. The van der Waals surface area contributed by atoms with E-state index < -0.39 is 23.3 Å². The summed E-state index contributed by atoms with van der Waals surface area (Å²) >= 11 is 0. The number of halogens is 2. The van der Waals surface area contributed by atoms with Crippen molar-refractivity contribution < 1.29 is 13.5 Å². The van der Waals surface area contributed by atoms with E-state index >= 15 is 0 Å².